The molecule has 0 aliphatic heterocycles. The van der Waals surface area contributed by atoms with Crippen molar-refractivity contribution in [3.05, 3.63) is 24.2 Å². The molecular weight excluding hydrogens is 214 g/mol. The molecule has 2 rings (SSSR count). The average Bonchev–Trinajstić information content (AvgIpc) is 2.56. The molecule has 3 nitrogen and oxygen atoms in total. The normalized spacial score (nSPS) is 11.2. The predicted molar refractivity (Wildman–Crippen MR) is 68.7 cm³/mol. The predicted octanol–water partition coefficient (Wildman–Crippen LogP) is 2.20. The van der Waals surface area contributed by atoms with Crippen molar-refractivity contribution in [2.24, 2.45) is 7.05 Å². The third-order valence-electron chi connectivity index (χ3n) is 2.13. The van der Waals surface area contributed by atoms with Gasteiger partial charge in [0.15, 0.2) is 5.65 Å². The van der Waals surface area contributed by atoms with E-state index in [1.165, 1.54) is 0 Å². The molecule has 0 radical (unpaired) electrons. The van der Waals surface area contributed by atoms with Gasteiger partial charge in [0.25, 0.3) is 0 Å². The summed E-state index contributed by atoms with van der Waals surface area (Å²) >= 11 is 0. The van der Waals surface area contributed by atoms with Gasteiger partial charge in [-0.15, -0.1) is 5.54 Å². The molecule has 2 heterocycles. The van der Waals surface area contributed by atoms with E-state index in [0.29, 0.717) is 0 Å². The first-order chi connectivity index (χ1) is 7.46. The van der Waals surface area contributed by atoms with E-state index in [4.69, 9.17) is 0 Å². The minimum absolute atomic E-state index is 0.901. The van der Waals surface area contributed by atoms with Crippen molar-refractivity contribution in [3.8, 4) is 11.5 Å². The van der Waals surface area contributed by atoms with Gasteiger partial charge >= 0.3 is 0 Å². The molecule has 0 aromatic carbocycles. The fourth-order valence-corrected chi connectivity index (χ4v) is 1.86. The van der Waals surface area contributed by atoms with Gasteiger partial charge in [0.1, 0.15) is 13.6 Å². The SMILES string of the molecule is Cn1cnc2cc(C#C[Si](C)(C)C)cnc21. The number of pyridine rings is 1. The molecule has 16 heavy (non-hydrogen) atoms. The van der Waals surface area contributed by atoms with Crippen molar-refractivity contribution < 1.29 is 0 Å². The molecule has 0 bridgehead atoms. The van der Waals surface area contributed by atoms with Crippen molar-refractivity contribution in [2.75, 3.05) is 0 Å². The lowest BCUT2D eigenvalue weighted by Gasteiger charge is -2.03. The lowest BCUT2D eigenvalue weighted by atomic mass is 10.3. The Labute approximate surface area is 96.5 Å². The van der Waals surface area contributed by atoms with Crippen LogP contribution in [-0.2, 0) is 7.05 Å². The third kappa shape index (κ3) is 2.31. The van der Waals surface area contributed by atoms with Gasteiger partial charge in [0.05, 0.1) is 6.33 Å². The van der Waals surface area contributed by atoms with E-state index in [9.17, 15) is 0 Å². The minimum atomic E-state index is -1.32. The number of fused-ring (bicyclic) bond motifs is 1. The van der Waals surface area contributed by atoms with Crippen LogP contribution in [0.25, 0.3) is 11.2 Å². The summed E-state index contributed by atoms with van der Waals surface area (Å²) in [5.41, 5.74) is 6.09. The first-order valence-corrected chi connectivity index (χ1v) is 8.76. The second kappa shape index (κ2) is 3.76. The largest absolute Gasteiger partial charge is 0.318 e. The van der Waals surface area contributed by atoms with E-state index in [1.807, 2.05) is 23.9 Å². The van der Waals surface area contributed by atoms with Crippen LogP contribution in [0.2, 0.25) is 19.6 Å². The second-order valence-electron chi connectivity index (χ2n) is 4.92. The standard InChI is InChI=1S/C12H15N3Si/c1-15-9-14-11-7-10(8-13-12(11)15)5-6-16(2,3)4/h7-9H,1-4H3. The van der Waals surface area contributed by atoms with Crippen LogP contribution in [0.5, 0.6) is 0 Å². The van der Waals surface area contributed by atoms with E-state index in [0.717, 1.165) is 16.7 Å². The van der Waals surface area contributed by atoms with Gasteiger partial charge in [-0.2, -0.15) is 0 Å². The van der Waals surface area contributed by atoms with Gasteiger partial charge in [-0.25, -0.2) is 9.97 Å². The maximum absolute atomic E-state index is 4.35. The monoisotopic (exact) mass is 229 g/mol. The summed E-state index contributed by atoms with van der Waals surface area (Å²) in [6, 6.07) is 2.00. The van der Waals surface area contributed by atoms with Crippen LogP contribution in [0.15, 0.2) is 18.6 Å². The zero-order valence-electron chi connectivity index (χ0n) is 10.1. The number of hydrogen-bond acceptors (Lipinski definition) is 2. The summed E-state index contributed by atoms with van der Waals surface area (Å²) in [6.07, 6.45) is 3.59. The highest BCUT2D eigenvalue weighted by Gasteiger charge is 2.07. The van der Waals surface area contributed by atoms with E-state index in [-0.39, 0.29) is 0 Å². The fraction of sp³-hybridized carbons (Fsp3) is 0.333. The van der Waals surface area contributed by atoms with E-state index in [1.54, 1.807) is 6.33 Å². The minimum Gasteiger partial charge on any atom is -0.318 e. The van der Waals surface area contributed by atoms with Crippen molar-refractivity contribution in [3.63, 3.8) is 0 Å². The summed E-state index contributed by atoms with van der Waals surface area (Å²) in [5.74, 6) is 3.19. The van der Waals surface area contributed by atoms with Crippen molar-refractivity contribution in [1.29, 1.82) is 0 Å². The Balaban J connectivity index is 2.43. The lowest BCUT2D eigenvalue weighted by Crippen LogP contribution is -2.16. The van der Waals surface area contributed by atoms with Gasteiger partial charge < -0.3 is 4.57 Å². The Morgan fingerprint density at radius 2 is 2.00 bits per heavy atom. The number of aryl methyl sites for hydroxylation is 1. The third-order valence-corrected chi connectivity index (χ3v) is 3.01. The van der Waals surface area contributed by atoms with Crippen LogP contribution in [0.4, 0.5) is 0 Å². The highest BCUT2D eigenvalue weighted by Crippen LogP contribution is 2.10. The Bertz CT molecular complexity index is 582. The molecule has 82 valence electrons. The van der Waals surface area contributed by atoms with E-state index >= 15 is 0 Å². The van der Waals surface area contributed by atoms with Crippen LogP contribution < -0.4 is 0 Å². The van der Waals surface area contributed by atoms with Gasteiger partial charge in [-0.1, -0.05) is 25.6 Å². The summed E-state index contributed by atoms with van der Waals surface area (Å²) in [4.78, 5) is 8.62. The second-order valence-corrected chi connectivity index (χ2v) is 9.67. The maximum atomic E-state index is 4.35. The van der Waals surface area contributed by atoms with Crippen LogP contribution >= 0.6 is 0 Å². The molecule has 4 heteroatoms. The summed E-state index contributed by atoms with van der Waals surface area (Å²) in [6.45, 7) is 6.69. The Morgan fingerprint density at radius 3 is 2.69 bits per heavy atom. The number of nitrogens with zero attached hydrogens (tertiary/aromatic N) is 3. The number of rotatable bonds is 0. The summed E-state index contributed by atoms with van der Waals surface area (Å²) in [7, 11) is 0.623. The van der Waals surface area contributed by atoms with Crippen LogP contribution in [0.1, 0.15) is 5.56 Å². The van der Waals surface area contributed by atoms with Crippen LogP contribution in [-0.4, -0.2) is 22.6 Å². The van der Waals surface area contributed by atoms with Crippen molar-refractivity contribution in [1.82, 2.24) is 14.5 Å². The first kappa shape index (κ1) is 10.9. The molecule has 0 unspecified atom stereocenters. The number of imidazole rings is 1. The summed E-state index contributed by atoms with van der Waals surface area (Å²) in [5, 5.41) is 0. The Kier molecular flexibility index (Phi) is 2.56. The molecular formula is C12H15N3Si. The zero-order chi connectivity index (χ0) is 11.8. The van der Waals surface area contributed by atoms with Gasteiger partial charge in [0, 0.05) is 18.8 Å². The smallest absolute Gasteiger partial charge is 0.159 e. The number of hydrogen-bond donors (Lipinski definition) is 0. The molecule has 0 saturated carbocycles. The quantitative estimate of drug-likeness (QED) is 0.512. The highest BCUT2D eigenvalue weighted by molar-refractivity contribution is 6.83. The highest BCUT2D eigenvalue weighted by atomic mass is 28.3. The molecule has 2 aromatic heterocycles. The van der Waals surface area contributed by atoms with Gasteiger partial charge in [-0.05, 0) is 6.07 Å². The van der Waals surface area contributed by atoms with Gasteiger partial charge in [-0.3, -0.25) is 0 Å². The molecule has 0 aliphatic rings. The molecule has 2 aromatic rings. The topological polar surface area (TPSA) is 30.7 Å². The van der Waals surface area contributed by atoms with Gasteiger partial charge in [0.2, 0.25) is 0 Å². The molecule has 0 amide bonds. The first-order valence-electron chi connectivity index (χ1n) is 5.26. The van der Waals surface area contributed by atoms with Crippen LogP contribution in [0, 0.1) is 11.5 Å². The Morgan fingerprint density at radius 1 is 1.25 bits per heavy atom. The van der Waals surface area contributed by atoms with E-state index in [2.05, 4.69) is 41.1 Å². The average molecular weight is 229 g/mol. The Hall–Kier alpha value is -1.60. The zero-order valence-corrected chi connectivity index (χ0v) is 11.1. The summed E-state index contributed by atoms with van der Waals surface area (Å²) < 4.78 is 1.91. The van der Waals surface area contributed by atoms with Crippen molar-refractivity contribution >= 4 is 19.2 Å². The van der Waals surface area contributed by atoms with Crippen molar-refractivity contribution in [2.45, 2.75) is 19.6 Å². The molecule has 0 N–H and O–H groups in total. The lowest BCUT2D eigenvalue weighted by molar-refractivity contribution is 0.931. The molecule has 0 saturated heterocycles. The van der Waals surface area contributed by atoms with Crippen LogP contribution in [0.3, 0.4) is 0 Å². The molecule has 0 aliphatic carbocycles. The maximum Gasteiger partial charge on any atom is 0.159 e. The molecule has 0 atom stereocenters. The fourth-order valence-electron chi connectivity index (χ4n) is 1.34. The van der Waals surface area contributed by atoms with E-state index < -0.39 is 8.07 Å². The number of aromatic nitrogens is 3. The molecule has 0 spiro atoms. The molecule has 0 fully saturated rings.